The van der Waals surface area contributed by atoms with E-state index in [2.05, 4.69) is 15.9 Å². The first-order valence-corrected chi connectivity index (χ1v) is 11.1. The van der Waals surface area contributed by atoms with Crippen LogP contribution in [0.25, 0.3) is 0 Å². The van der Waals surface area contributed by atoms with E-state index in [-0.39, 0.29) is 6.04 Å². The van der Waals surface area contributed by atoms with Gasteiger partial charge in [0.2, 0.25) is 10.0 Å². The number of piperidine rings is 1. The second-order valence-electron chi connectivity index (χ2n) is 7.02. The minimum absolute atomic E-state index is 0.153. The maximum Gasteiger partial charge on any atom is 0.243 e. The summed E-state index contributed by atoms with van der Waals surface area (Å²) in [7, 11) is -3.39. The summed E-state index contributed by atoms with van der Waals surface area (Å²) in [5.74, 6) is 0.518. The lowest BCUT2D eigenvalue weighted by Gasteiger charge is -2.42. The van der Waals surface area contributed by atoms with Crippen LogP contribution in [-0.4, -0.2) is 30.1 Å². The molecule has 2 atom stereocenters. The molecular formula is C18H26BrNO2S. The standard InChI is InChI=1S/C18H26BrNO2S/c1-14-7-9-17(10-8-14)23(21,22)20-12-11-16(19)13-18(20)15-5-3-2-4-6-15/h7-10,15-16,18H,2-6,11-13H2,1H3/t16-,18-/m1/s1. The summed E-state index contributed by atoms with van der Waals surface area (Å²) in [4.78, 5) is 0.885. The Morgan fingerprint density at radius 2 is 1.70 bits per heavy atom. The van der Waals surface area contributed by atoms with E-state index in [0.717, 1.165) is 18.4 Å². The monoisotopic (exact) mass is 399 g/mol. The third-order valence-corrected chi connectivity index (χ3v) is 8.12. The van der Waals surface area contributed by atoms with E-state index < -0.39 is 10.0 Å². The molecule has 1 aliphatic carbocycles. The molecule has 128 valence electrons. The highest BCUT2D eigenvalue weighted by Gasteiger charge is 2.40. The third kappa shape index (κ3) is 3.83. The fraction of sp³-hybridized carbons (Fsp3) is 0.667. The molecule has 0 unspecified atom stereocenters. The average molecular weight is 400 g/mol. The first kappa shape index (κ1) is 17.4. The van der Waals surface area contributed by atoms with E-state index in [1.807, 2.05) is 23.4 Å². The largest absolute Gasteiger partial charge is 0.243 e. The fourth-order valence-electron chi connectivity index (χ4n) is 4.02. The van der Waals surface area contributed by atoms with Crippen LogP contribution in [-0.2, 0) is 10.0 Å². The van der Waals surface area contributed by atoms with Crippen LogP contribution in [0.1, 0.15) is 50.5 Å². The Bertz CT molecular complexity index is 623. The number of benzene rings is 1. The van der Waals surface area contributed by atoms with Crippen molar-refractivity contribution in [2.75, 3.05) is 6.54 Å². The zero-order valence-electron chi connectivity index (χ0n) is 13.7. The highest BCUT2D eigenvalue weighted by Crippen LogP contribution is 2.38. The Balaban J connectivity index is 1.89. The number of aryl methyl sites for hydroxylation is 1. The van der Waals surface area contributed by atoms with Crippen molar-refractivity contribution in [3.63, 3.8) is 0 Å². The van der Waals surface area contributed by atoms with Gasteiger partial charge >= 0.3 is 0 Å². The van der Waals surface area contributed by atoms with Crippen molar-refractivity contribution in [3.05, 3.63) is 29.8 Å². The van der Waals surface area contributed by atoms with E-state index in [1.165, 1.54) is 32.1 Å². The third-order valence-electron chi connectivity index (χ3n) is 5.35. The van der Waals surface area contributed by atoms with E-state index in [1.54, 1.807) is 12.1 Å². The SMILES string of the molecule is Cc1ccc(S(=O)(=O)N2CC[C@@H](Br)C[C@@H]2C2CCCCC2)cc1. The second kappa shape index (κ2) is 7.24. The van der Waals surface area contributed by atoms with Gasteiger partial charge in [0.05, 0.1) is 4.90 Å². The van der Waals surface area contributed by atoms with Crippen LogP contribution in [0.15, 0.2) is 29.2 Å². The molecule has 1 aromatic carbocycles. The van der Waals surface area contributed by atoms with Crippen molar-refractivity contribution < 1.29 is 8.42 Å². The quantitative estimate of drug-likeness (QED) is 0.701. The molecule has 1 aliphatic heterocycles. The van der Waals surface area contributed by atoms with Gasteiger partial charge in [-0.2, -0.15) is 4.31 Å². The van der Waals surface area contributed by atoms with Gasteiger partial charge in [0.1, 0.15) is 0 Å². The maximum absolute atomic E-state index is 13.2. The van der Waals surface area contributed by atoms with E-state index >= 15 is 0 Å². The minimum Gasteiger partial charge on any atom is -0.207 e. The van der Waals surface area contributed by atoms with E-state index in [9.17, 15) is 8.42 Å². The van der Waals surface area contributed by atoms with Crippen molar-refractivity contribution in [3.8, 4) is 0 Å². The number of nitrogens with zero attached hydrogens (tertiary/aromatic N) is 1. The lowest BCUT2D eigenvalue weighted by molar-refractivity contribution is 0.157. The lowest BCUT2D eigenvalue weighted by Crippen LogP contribution is -2.50. The van der Waals surface area contributed by atoms with Gasteiger partial charge in [-0.3, -0.25) is 0 Å². The van der Waals surface area contributed by atoms with Gasteiger partial charge in [0.15, 0.2) is 0 Å². The number of halogens is 1. The summed E-state index contributed by atoms with van der Waals surface area (Å²) in [6.07, 6.45) is 7.96. The van der Waals surface area contributed by atoms with E-state index in [4.69, 9.17) is 0 Å². The van der Waals surface area contributed by atoms with Crippen molar-refractivity contribution >= 4 is 26.0 Å². The Hall–Kier alpha value is -0.390. The Morgan fingerprint density at radius 3 is 2.35 bits per heavy atom. The molecule has 0 bridgehead atoms. The molecule has 0 N–H and O–H groups in total. The predicted octanol–water partition coefficient (Wildman–Crippen LogP) is 4.49. The van der Waals surface area contributed by atoms with Crippen molar-refractivity contribution in [2.45, 2.75) is 67.6 Å². The molecule has 3 nitrogen and oxygen atoms in total. The molecule has 23 heavy (non-hydrogen) atoms. The Labute approximate surface area is 148 Å². The van der Waals surface area contributed by atoms with Gasteiger partial charge in [-0.05, 0) is 50.7 Å². The zero-order valence-corrected chi connectivity index (χ0v) is 16.2. The predicted molar refractivity (Wildman–Crippen MR) is 97.4 cm³/mol. The molecule has 3 rings (SSSR count). The molecule has 5 heteroatoms. The summed E-state index contributed by atoms with van der Waals surface area (Å²) < 4.78 is 28.1. The van der Waals surface area contributed by atoms with Crippen molar-refractivity contribution in [1.29, 1.82) is 0 Å². The summed E-state index contributed by atoms with van der Waals surface area (Å²) in [6.45, 7) is 2.62. The summed E-state index contributed by atoms with van der Waals surface area (Å²) in [5, 5.41) is 0. The van der Waals surface area contributed by atoms with Gasteiger partial charge in [-0.1, -0.05) is 52.9 Å². The molecule has 1 saturated heterocycles. The highest BCUT2D eigenvalue weighted by molar-refractivity contribution is 9.09. The molecule has 2 fully saturated rings. The molecule has 1 saturated carbocycles. The van der Waals surface area contributed by atoms with Crippen molar-refractivity contribution in [1.82, 2.24) is 4.31 Å². The highest BCUT2D eigenvalue weighted by atomic mass is 79.9. The fourth-order valence-corrected chi connectivity index (χ4v) is 6.32. The van der Waals surface area contributed by atoms with Crippen LogP contribution in [0.4, 0.5) is 0 Å². The average Bonchev–Trinajstić information content (AvgIpc) is 2.56. The van der Waals surface area contributed by atoms with Gasteiger partial charge in [-0.25, -0.2) is 8.42 Å². The first-order chi connectivity index (χ1) is 11.0. The number of sulfonamides is 1. The molecule has 0 spiro atoms. The Morgan fingerprint density at radius 1 is 1.04 bits per heavy atom. The number of hydrogen-bond donors (Lipinski definition) is 0. The zero-order chi connectivity index (χ0) is 16.4. The lowest BCUT2D eigenvalue weighted by atomic mass is 9.81. The van der Waals surface area contributed by atoms with Crippen LogP contribution < -0.4 is 0 Å². The van der Waals surface area contributed by atoms with Gasteiger partial charge < -0.3 is 0 Å². The summed E-state index contributed by atoms with van der Waals surface area (Å²) in [6, 6.07) is 7.44. The van der Waals surface area contributed by atoms with Crippen LogP contribution in [0.2, 0.25) is 0 Å². The van der Waals surface area contributed by atoms with Gasteiger partial charge in [-0.15, -0.1) is 0 Å². The summed E-state index contributed by atoms with van der Waals surface area (Å²) in [5.41, 5.74) is 1.09. The van der Waals surface area contributed by atoms with Gasteiger partial charge in [0.25, 0.3) is 0 Å². The van der Waals surface area contributed by atoms with E-state index in [0.29, 0.717) is 22.2 Å². The summed E-state index contributed by atoms with van der Waals surface area (Å²) >= 11 is 3.73. The maximum atomic E-state index is 13.2. The second-order valence-corrected chi connectivity index (χ2v) is 10.2. The number of alkyl halides is 1. The molecule has 2 aliphatic rings. The Kier molecular flexibility index (Phi) is 5.49. The molecule has 0 aromatic heterocycles. The molecule has 0 amide bonds. The number of hydrogen-bond acceptors (Lipinski definition) is 2. The molecule has 1 aromatic rings. The molecular weight excluding hydrogens is 374 g/mol. The van der Waals surface area contributed by atoms with Crippen LogP contribution in [0.3, 0.4) is 0 Å². The van der Waals surface area contributed by atoms with Crippen LogP contribution in [0.5, 0.6) is 0 Å². The smallest absolute Gasteiger partial charge is 0.207 e. The molecule has 0 radical (unpaired) electrons. The minimum atomic E-state index is -3.39. The van der Waals surface area contributed by atoms with Crippen LogP contribution >= 0.6 is 15.9 Å². The van der Waals surface area contributed by atoms with Gasteiger partial charge in [0, 0.05) is 17.4 Å². The molecule has 1 heterocycles. The number of rotatable bonds is 3. The van der Waals surface area contributed by atoms with Crippen molar-refractivity contribution in [2.24, 2.45) is 5.92 Å². The normalized spacial score (nSPS) is 27.9. The van der Waals surface area contributed by atoms with Crippen LogP contribution in [0, 0.1) is 12.8 Å². The topological polar surface area (TPSA) is 37.4 Å². The first-order valence-electron chi connectivity index (χ1n) is 8.71.